The lowest BCUT2D eigenvalue weighted by Crippen LogP contribution is -2.61. The summed E-state index contributed by atoms with van der Waals surface area (Å²) in [5.74, 6) is -8.79. The van der Waals surface area contributed by atoms with E-state index in [0.29, 0.717) is 12.0 Å². The van der Waals surface area contributed by atoms with Gasteiger partial charge in [0.25, 0.3) is 0 Å². The van der Waals surface area contributed by atoms with Gasteiger partial charge >= 0.3 is 0 Å². The van der Waals surface area contributed by atoms with Crippen molar-refractivity contribution >= 4 is 59.1 Å². The van der Waals surface area contributed by atoms with Crippen molar-refractivity contribution in [1.29, 1.82) is 0 Å². The SMILES string of the molecule is CCCCCCCC(=O)N[C@H](C(=O)N[C@@H](CCN)C(=O)N[C@H]1CCNC(=O)[C@H]([C@@H](C)O)NC(=O)[C@H](CCN)NC(=O)[C@H](CCN)NC(=O)[C@H](CC(C)C)NC(=O)[C@H](Cc2ccccc2)NC(=O)[C@H](CCN)NC1=O)[C@@H](C)O. The van der Waals surface area contributed by atoms with Gasteiger partial charge in [0.2, 0.25) is 59.1 Å². The molecule has 1 heterocycles. The molecule has 20 N–H and O–H groups in total. The normalized spacial score (nSPS) is 23.3. The van der Waals surface area contributed by atoms with Gasteiger partial charge < -0.3 is 86.3 Å². The summed E-state index contributed by atoms with van der Waals surface area (Å²) in [5.41, 5.74) is 24.1. The topological polar surface area (TPSA) is 436 Å². The Labute approximate surface area is 451 Å². The molecule has 1 aliphatic heterocycles. The number of rotatable bonds is 25. The third kappa shape index (κ3) is 24.3. The number of amides is 10. The predicted molar refractivity (Wildman–Crippen MR) is 286 cm³/mol. The predicted octanol–water partition coefficient (Wildman–Crippen LogP) is -4.32. The average molecular weight is 1090 g/mol. The molecule has 1 aromatic rings. The van der Waals surface area contributed by atoms with Gasteiger partial charge in [-0.25, -0.2) is 0 Å². The maximum atomic E-state index is 14.4. The van der Waals surface area contributed by atoms with Crippen LogP contribution in [0.25, 0.3) is 0 Å². The van der Waals surface area contributed by atoms with Crippen LogP contribution < -0.4 is 76.1 Å². The first-order chi connectivity index (χ1) is 36.6. The molecule has 0 unspecified atom stereocenters. The number of aliphatic hydroxyl groups excluding tert-OH is 2. The summed E-state index contributed by atoms with van der Waals surface area (Å²) in [4.78, 5) is 139. The van der Waals surface area contributed by atoms with Crippen molar-refractivity contribution < 1.29 is 58.2 Å². The minimum atomic E-state index is -1.66. The molecule has 1 aromatic carbocycles. The van der Waals surface area contributed by atoms with E-state index >= 15 is 0 Å². The lowest BCUT2D eigenvalue weighted by atomic mass is 10.00. The van der Waals surface area contributed by atoms with E-state index in [1.165, 1.54) is 13.8 Å². The summed E-state index contributed by atoms with van der Waals surface area (Å²) in [5, 5.41) is 46.9. The fourth-order valence-electron chi connectivity index (χ4n) is 8.32. The minimum absolute atomic E-state index is 0.0628. The van der Waals surface area contributed by atoms with E-state index < -0.39 is 139 Å². The molecule has 2 rings (SSSR count). The van der Waals surface area contributed by atoms with Crippen LogP contribution in [0.5, 0.6) is 0 Å². The molecular formula is C51H88N14O12. The molecule has 0 bridgehead atoms. The van der Waals surface area contributed by atoms with E-state index in [0.717, 1.165) is 25.7 Å². The highest BCUT2D eigenvalue weighted by molar-refractivity contribution is 5.99. The highest BCUT2D eigenvalue weighted by atomic mass is 16.3. The zero-order chi connectivity index (χ0) is 57.6. The van der Waals surface area contributed by atoms with Gasteiger partial charge in [0, 0.05) is 19.4 Å². The number of carbonyl (C=O) groups is 10. The van der Waals surface area contributed by atoms with E-state index in [2.05, 4.69) is 60.1 Å². The Hall–Kier alpha value is -6.32. The second kappa shape index (κ2) is 35.9. The van der Waals surface area contributed by atoms with E-state index in [1.54, 1.807) is 44.2 Å². The van der Waals surface area contributed by atoms with Crippen LogP contribution in [0.3, 0.4) is 0 Å². The highest BCUT2D eigenvalue weighted by Crippen LogP contribution is 2.12. The number of hydrogen-bond acceptors (Lipinski definition) is 16. The molecular weight excluding hydrogens is 1000 g/mol. The molecule has 0 spiro atoms. The van der Waals surface area contributed by atoms with Crippen LogP contribution in [0.2, 0.25) is 0 Å². The quantitative estimate of drug-likeness (QED) is 0.0412. The molecule has 1 fully saturated rings. The standard InChI is InChI=1S/C51H88N14O12/c1-6-7-8-9-13-16-40(68)64-42(31(5)67)51(77)61-35(19-24-54)44(70)60-37-21-26-56-50(76)41(30(4)66)65-47(73)36(20-25-55)58-43(69)33(17-22-52)59-48(74)38(27-29(2)3)62-49(75)39(28-32-14-11-10-12-15-32)63-45(71)34(18-23-53)57-46(37)72/h10-12,14-15,29-31,33-39,41-42,66-67H,6-9,13,16-28,52-55H2,1-5H3,(H,56,76)(H,57,72)(H,58,69)(H,59,74)(H,60,70)(H,61,77)(H,62,75)(H,63,71)(H,64,68)(H,65,73)/t30-,31-,33+,34+,35+,36+,37+,38+,39+,41+,42+/m1/s1. The molecule has 1 aliphatic rings. The summed E-state index contributed by atoms with van der Waals surface area (Å²) < 4.78 is 0. The molecule has 26 heteroatoms. The number of benzene rings is 1. The fraction of sp³-hybridized carbons (Fsp3) is 0.686. The Morgan fingerprint density at radius 2 is 1.12 bits per heavy atom. The lowest BCUT2D eigenvalue weighted by molar-refractivity contribution is -0.136. The number of unbranched alkanes of at least 4 members (excludes halogenated alkanes) is 4. The fourth-order valence-corrected chi connectivity index (χ4v) is 8.32. The molecule has 0 aromatic heterocycles. The molecule has 0 aliphatic carbocycles. The van der Waals surface area contributed by atoms with Crippen LogP contribution in [0.4, 0.5) is 0 Å². The number of nitrogens with one attached hydrogen (secondary N) is 10. The Balaban J connectivity index is 2.70. The monoisotopic (exact) mass is 1090 g/mol. The Kier molecular flexibility index (Phi) is 31.1. The first kappa shape index (κ1) is 66.8. The molecule has 1 saturated heterocycles. The van der Waals surface area contributed by atoms with Crippen molar-refractivity contribution in [2.24, 2.45) is 28.9 Å². The molecule has 0 saturated carbocycles. The highest BCUT2D eigenvalue weighted by Gasteiger charge is 2.37. The van der Waals surface area contributed by atoms with Crippen LogP contribution in [0.15, 0.2) is 30.3 Å². The summed E-state index contributed by atoms with van der Waals surface area (Å²) in [6, 6.07) is -4.44. The summed E-state index contributed by atoms with van der Waals surface area (Å²) in [7, 11) is 0. The first-order valence-electron chi connectivity index (χ1n) is 26.8. The number of aliphatic hydroxyl groups is 2. The van der Waals surface area contributed by atoms with E-state index in [1.807, 2.05) is 0 Å². The molecule has 0 radical (unpaired) electrons. The van der Waals surface area contributed by atoms with Gasteiger partial charge in [0.05, 0.1) is 12.2 Å². The summed E-state index contributed by atoms with van der Waals surface area (Å²) in [6.07, 6.45) is 0.321. The summed E-state index contributed by atoms with van der Waals surface area (Å²) >= 11 is 0. The van der Waals surface area contributed by atoms with Crippen LogP contribution in [0.1, 0.15) is 117 Å². The van der Waals surface area contributed by atoms with E-state index in [9.17, 15) is 58.2 Å². The van der Waals surface area contributed by atoms with Crippen molar-refractivity contribution in [3.8, 4) is 0 Å². The zero-order valence-corrected chi connectivity index (χ0v) is 45.3. The number of hydrogen-bond donors (Lipinski definition) is 16. The zero-order valence-electron chi connectivity index (χ0n) is 45.3. The minimum Gasteiger partial charge on any atom is -0.391 e. The van der Waals surface area contributed by atoms with Crippen LogP contribution in [-0.2, 0) is 54.4 Å². The van der Waals surface area contributed by atoms with Crippen molar-refractivity contribution in [1.82, 2.24) is 53.2 Å². The largest absolute Gasteiger partial charge is 0.391 e. The van der Waals surface area contributed by atoms with Gasteiger partial charge in [0.1, 0.15) is 54.4 Å². The van der Waals surface area contributed by atoms with Crippen LogP contribution in [-0.4, -0.2) is 169 Å². The lowest BCUT2D eigenvalue weighted by Gasteiger charge is -2.28. The van der Waals surface area contributed by atoms with Crippen LogP contribution in [0, 0.1) is 5.92 Å². The van der Waals surface area contributed by atoms with Gasteiger partial charge in [-0.2, -0.15) is 0 Å². The smallest absolute Gasteiger partial charge is 0.245 e. The Morgan fingerprint density at radius 3 is 1.64 bits per heavy atom. The maximum Gasteiger partial charge on any atom is 0.245 e. The maximum absolute atomic E-state index is 14.4. The van der Waals surface area contributed by atoms with Crippen LogP contribution >= 0.6 is 0 Å². The van der Waals surface area contributed by atoms with Crippen molar-refractivity contribution in [3.05, 3.63) is 35.9 Å². The van der Waals surface area contributed by atoms with Gasteiger partial charge in [-0.1, -0.05) is 76.8 Å². The Bertz CT molecular complexity index is 2070. The molecule has 26 nitrogen and oxygen atoms in total. The second-order valence-corrected chi connectivity index (χ2v) is 19.8. The van der Waals surface area contributed by atoms with Gasteiger partial charge in [-0.3, -0.25) is 47.9 Å². The van der Waals surface area contributed by atoms with E-state index in [-0.39, 0.29) is 77.0 Å². The summed E-state index contributed by atoms with van der Waals surface area (Å²) in [6.45, 7) is 7.17. The average Bonchev–Trinajstić information content (AvgIpc) is 3.37. The third-order valence-corrected chi connectivity index (χ3v) is 12.6. The Morgan fingerprint density at radius 1 is 0.610 bits per heavy atom. The van der Waals surface area contributed by atoms with E-state index in [4.69, 9.17) is 22.9 Å². The first-order valence-corrected chi connectivity index (χ1v) is 26.8. The van der Waals surface area contributed by atoms with Crippen molar-refractivity contribution in [2.75, 3.05) is 32.7 Å². The molecule has 11 atom stereocenters. The van der Waals surface area contributed by atoms with Gasteiger partial charge in [-0.15, -0.1) is 0 Å². The molecule has 77 heavy (non-hydrogen) atoms. The van der Waals surface area contributed by atoms with Gasteiger partial charge in [-0.05, 0) is 96.5 Å². The molecule has 434 valence electrons. The third-order valence-electron chi connectivity index (χ3n) is 12.6. The van der Waals surface area contributed by atoms with Crippen molar-refractivity contribution in [3.63, 3.8) is 0 Å². The molecule has 10 amide bonds. The number of carbonyl (C=O) groups excluding carboxylic acids is 10. The number of nitrogens with two attached hydrogens (primary N) is 4. The van der Waals surface area contributed by atoms with Gasteiger partial charge in [0.15, 0.2) is 0 Å². The van der Waals surface area contributed by atoms with Crippen molar-refractivity contribution in [2.45, 2.75) is 185 Å². The second-order valence-electron chi connectivity index (χ2n) is 19.8.